The van der Waals surface area contributed by atoms with E-state index in [1.54, 1.807) is 17.0 Å². The molecule has 0 aromatic heterocycles. The number of hydrogen-bond donors (Lipinski definition) is 0. The number of carbonyl (C=O) groups is 1. The summed E-state index contributed by atoms with van der Waals surface area (Å²) in [5.74, 6) is -0.440. The molecule has 1 aromatic rings. The van der Waals surface area contributed by atoms with Crippen LogP contribution in [0, 0.1) is 12.7 Å². The highest BCUT2D eigenvalue weighted by atomic mass is 19.1. The average Bonchev–Trinajstić information content (AvgIpc) is 2.32. The average molecular weight is 239 g/mol. The first kappa shape index (κ1) is 13.5. The fourth-order valence-corrected chi connectivity index (χ4v) is 1.53. The number of aryl methyl sites for hydroxylation is 1. The van der Waals surface area contributed by atoms with Gasteiger partial charge < -0.3 is 9.64 Å². The summed E-state index contributed by atoms with van der Waals surface area (Å²) >= 11 is 0. The third-order valence-corrected chi connectivity index (χ3v) is 2.55. The Morgan fingerprint density at radius 3 is 2.59 bits per heavy atom. The lowest BCUT2D eigenvalue weighted by Crippen LogP contribution is -2.34. The molecule has 17 heavy (non-hydrogen) atoms. The van der Waals surface area contributed by atoms with Gasteiger partial charge >= 0.3 is 0 Å². The minimum Gasteiger partial charge on any atom is -0.481 e. The Morgan fingerprint density at radius 1 is 1.35 bits per heavy atom. The monoisotopic (exact) mass is 239 g/mol. The zero-order valence-electron chi connectivity index (χ0n) is 10.5. The summed E-state index contributed by atoms with van der Waals surface area (Å²) in [6, 6.07) is 4.59. The molecule has 0 unspecified atom stereocenters. The van der Waals surface area contributed by atoms with Crippen LogP contribution in [0.4, 0.5) is 4.39 Å². The van der Waals surface area contributed by atoms with Gasteiger partial charge in [0, 0.05) is 13.1 Å². The molecule has 4 heteroatoms. The lowest BCUT2D eigenvalue weighted by molar-refractivity contribution is -0.133. The van der Waals surface area contributed by atoms with Gasteiger partial charge in [0.05, 0.1) is 0 Å². The number of likely N-dealkylation sites (N-methyl/N-ethyl adjacent to an activating group) is 1. The standard InChI is InChI=1S/C13H18FNO2/c1-4-15(5-2)13(16)9-17-12-8-10(3)6-7-11(12)14/h6-8H,4-5,9H2,1-3H3. The van der Waals surface area contributed by atoms with Gasteiger partial charge in [0.15, 0.2) is 18.2 Å². The van der Waals surface area contributed by atoms with Crippen LogP contribution in [0.15, 0.2) is 18.2 Å². The molecule has 1 amide bonds. The number of rotatable bonds is 5. The molecule has 0 aliphatic heterocycles. The molecule has 0 atom stereocenters. The molecule has 0 fully saturated rings. The first-order valence-corrected chi connectivity index (χ1v) is 5.75. The van der Waals surface area contributed by atoms with Crippen LogP contribution in [0.2, 0.25) is 0 Å². The smallest absolute Gasteiger partial charge is 0.260 e. The Hall–Kier alpha value is -1.58. The van der Waals surface area contributed by atoms with Crippen LogP contribution in [0.3, 0.4) is 0 Å². The molecular formula is C13H18FNO2. The molecule has 94 valence electrons. The number of ether oxygens (including phenoxy) is 1. The van der Waals surface area contributed by atoms with E-state index in [1.807, 2.05) is 20.8 Å². The lowest BCUT2D eigenvalue weighted by Gasteiger charge is -2.18. The number of nitrogens with zero attached hydrogens (tertiary/aromatic N) is 1. The third-order valence-electron chi connectivity index (χ3n) is 2.55. The second-order valence-electron chi connectivity index (χ2n) is 3.79. The number of amides is 1. The van der Waals surface area contributed by atoms with E-state index in [0.29, 0.717) is 13.1 Å². The van der Waals surface area contributed by atoms with Crippen molar-refractivity contribution in [3.05, 3.63) is 29.6 Å². The molecule has 1 rings (SSSR count). The van der Waals surface area contributed by atoms with Gasteiger partial charge in [-0.2, -0.15) is 0 Å². The minimum absolute atomic E-state index is 0.123. The highest BCUT2D eigenvalue weighted by Crippen LogP contribution is 2.18. The van der Waals surface area contributed by atoms with Crippen molar-refractivity contribution in [1.29, 1.82) is 0 Å². The summed E-state index contributed by atoms with van der Waals surface area (Å²) < 4.78 is 18.5. The minimum atomic E-state index is -0.442. The molecule has 0 spiro atoms. The van der Waals surface area contributed by atoms with Gasteiger partial charge in [-0.25, -0.2) is 4.39 Å². The maximum Gasteiger partial charge on any atom is 0.260 e. The van der Waals surface area contributed by atoms with E-state index >= 15 is 0 Å². The summed E-state index contributed by atoms with van der Waals surface area (Å²) in [5, 5.41) is 0. The van der Waals surface area contributed by atoms with Crippen LogP contribution in [0.25, 0.3) is 0 Å². The van der Waals surface area contributed by atoms with Gasteiger partial charge in [0.25, 0.3) is 5.91 Å². The largest absolute Gasteiger partial charge is 0.481 e. The molecule has 0 aliphatic rings. The van der Waals surface area contributed by atoms with Crippen LogP contribution < -0.4 is 4.74 Å². The summed E-state index contributed by atoms with van der Waals surface area (Å²) in [6.07, 6.45) is 0. The Morgan fingerprint density at radius 2 is 2.00 bits per heavy atom. The Bertz CT molecular complexity index is 389. The zero-order valence-corrected chi connectivity index (χ0v) is 10.5. The van der Waals surface area contributed by atoms with Crippen LogP contribution in [0.1, 0.15) is 19.4 Å². The molecule has 0 bridgehead atoms. The number of hydrogen-bond acceptors (Lipinski definition) is 2. The molecule has 0 radical (unpaired) electrons. The third kappa shape index (κ3) is 3.73. The summed E-state index contributed by atoms with van der Waals surface area (Å²) in [7, 11) is 0. The number of benzene rings is 1. The summed E-state index contributed by atoms with van der Waals surface area (Å²) in [4.78, 5) is 13.3. The maximum absolute atomic E-state index is 13.3. The van der Waals surface area contributed by atoms with Gasteiger partial charge in [0.1, 0.15) is 0 Å². The Labute approximate surface area is 101 Å². The normalized spacial score (nSPS) is 10.1. The highest BCUT2D eigenvalue weighted by molar-refractivity contribution is 5.77. The topological polar surface area (TPSA) is 29.5 Å². The van der Waals surface area contributed by atoms with Crippen molar-refractivity contribution in [3.63, 3.8) is 0 Å². The van der Waals surface area contributed by atoms with Gasteiger partial charge in [-0.15, -0.1) is 0 Å². The molecule has 0 saturated heterocycles. The molecule has 0 N–H and O–H groups in total. The fraction of sp³-hybridized carbons (Fsp3) is 0.462. The van der Waals surface area contributed by atoms with Crippen molar-refractivity contribution in [2.24, 2.45) is 0 Å². The summed E-state index contributed by atoms with van der Waals surface area (Å²) in [6.45, 7) is 6.79. The molecule has 3 nitrogen and oxygen atoms in total. The van der Waals surface area contributed by atoms with E-state index in [4.69, 9.17) is 4.74 Å². The molecular weight excluding hydrogens is 221 g/mol. The molecule has 0 aliphatic carbocycles. The van der Waals surface area contributed by atoms with E-state index in [9.17, 15) is 9.18 Å². The van der Waals surface area contributed by atoms with Crippen molar-refractivity contribution in [2.45, 2.75) is 20.8 Å². The molecule has 0 saturated carbocycles. The molecule has 0 heterocycles. The Balaban J connectivity index is 2.61. The predicted octanol–water partition coefficient (Wildman–Crippen LogP) is 2.38. The second kappa shape index (κ2) is 6.23. The van der Waals surface area contributed by atoms with Crippen molar-refractivity contribution in [1.82, 2.24) is 4.90 Å². The van der Waals surface area contributed by atoms with Crippen LogP contribution in [-0.4, -0.2) is 30.5 Å². The quantitative estimate of drug-likeness (QED) is 0.789. The van der Waals surface area contributed by atoms with Crippen LogP contribution in [-0.2, 0) is 4.79 Å². The zero-order chi connectivity index (χ0) is 12.8. The predicted molar refractivity (Wildman–Crippen MR) is 64.6 cm³/mol. The lowest BCUT2D eigenvalue weighted by atomic mass is 10.2. The van der Waals surface area contributed by atoms with E-state index in [0.717, 1.165) is 5.56 Å². The van der Waals surface area contributed by atoms with Gasteiger partial charge in [-0.3, -0.25) is 4.79 Å². The van der Waals surface area contributed by atoms with Crippen LogP contribution in [0.5, 0.6) is 5.75 Å². The Kier molecular flexibility index (Phi) is 4.94. The first-order chi connectivity index (χ1) is 8.08. The maximum atomic E-state index is 13.3. The van der Waals surface area contributed by atoms with Crippen molar-refractivity contribution < 1.29 is 13.9 Å². The molecule has 1 aromatic carbocycles. The van der Waals surface area contributed by atoms with E-state index in [-0.39, 0.29) is 18.3 Å². The van der Waals surface area contributed by atoms with E-state index < -0.39 is 5.82 Å². The summed E-state index contributed by atoms with van der Waals surface area (Å²) in [5.41, 5.74) is 0.900. The van der Waals surface area contributed by atoms with E-state index in [1.165, 1.54) is 6.07 Å². The number of halogens is 1. The first-order valence-electron chi connectivity index (χ1n) is 5.75. The fourth-order valence-electron chi connectivity index (χ4n) is 1.53. The van der Waals surface area contributed by atoms with Gasteiger partial charge in [-0.05, 0) is 38.5 Å². The van der Waals surface area contributed by atoms with Crippen LogP contribution >= 0.6 is 0 Å². The van der Waals surface area contributed by atoms with Gasteiger partial charge in [-0.1, -0.05) is 6.07 Å². The van der Waals surface area contributed by atoms with Crippen molar-refractivity contribution >= 4 is 5.91 Å². The SMILES string of the molecule is CCN(CC)C(=O)COc1cc(C)ccc1F. The van der Waals surface area contributed by atoms with Crippen molar-refractivity contribution in [3.8, 4) is 5.75 Å². The highest BCUT2D eigenvalue weighted by Gasteiger charge is 2.11. The van der Waals surface area contributed by atoms with E-state index in [2.05, 4.69) is 0 Å². The second-order valence-corrected chi connectivity index (χ2v) is 3.79. The van der Waals surface area contributed by atoms with Crippen molar-refractivity contribution in [2.75, 3.05) is 19.7 Å². The number of carbonyl (C=O) groups excluding carboxylic acids is 1. The van der Waals surface area contributed by atoms with Gasteiger partial charge in [0.2, 0.25) is 0 Å².